The highest BCUT2D eigenvalue weighted by atomic mass is 16.5. The van der Waals surface area contributed by atoms with Crippen LogP contribution in [-0.2, 0) is 17.7 Å². The summed E-state index contributed by atoms with van der Waals surface area (Å²) in [5.74, 6) is 0.777. The lowest BCUT2D eigenvalue weighted by molar-refractivity contribution is 0.199. The van der Waals surface area contributed by atoms with E-state index in [0.29, 0.717) is 6.61 Å². The number of nitrogens with zero attached hydrogens (tertiary/aromatic N) is 2. The van der Waals surface area contributed by atoms with Crippen LogP contribution in [0.25, 0.3) is 11.4 Å². The Hall–Kier alpha value is -1.78. The van der Waals surface area contributed by atoms with Gasteiger partial charge in [0.1, 0.15) is 0 Å². The lowest BCUT2D eigenvalue weighted by atomic mass is 10.1. The third-order valence-corrected chi connectivity index (χ3v) is 3.12. The molecule has 0 saturated heterocycles. The van der Waals surface area contributed by atoms with Crippen molar-refractivity contribution in [1.82, 2.24) is 15.3 Å². The monoisotopic (exact) mass is 271 g/mol. The molecule has 1 aromatic carbocycles. The Morgan fingerprint density at radius 3 is 2.65 bits per heavy atom. The summed E-state index contributed by atoms with van der Waals surface area (Å²) in [5, 5.41) is 3.28. The Labute approximate surface area is 120 Å². The number of rotatable bonds is 7. The van der Waals surface area contributed by atoms with Crippen LogP contribution in [0.1, 0.15) is 18.2 Å². The summed E-state index contributed by atoms with van der Waals surface area (Å²) in [6.45, 7) is 4.40. The van der Waals surface area contributed by atoms with Crippen molar-refractivity contribution < 1.29 is 4.74 Å². The minimum atomic E-state index is 0.705. The summed E-state index contributed by atoms with van der Waals surface area (Å²) in [6.07, 6.45) is 2.86. The van der Waals surface area contributed by atoms with E-state index >= 15 is 0 Å². The van der Waals surface area contributed by atoms with Gasteiger partial charge in [0.2, 0.25) is 0 Å². The summed E-state index contributed by atoms with van der Waals surface area (Å²) in [6, 6.07) is 10.3. The number of aryl methyl sites for hydroxylation is 1. The Morgan fingerprint density at radius 2 is 1.95 bits per heavy atom. The third-order valence-electron chi connectivity index (χ3n) is 3.12. The van der Waals surface area contributed by atoms with Crippen LogP contribution in [0.2, 0.25) is 0 Å². The average molecular weight is 271 g/mol. The summed E-state index contributed by atoms with van der Waals surface area (Å²) in [7, 11) is 1.70. The summed E-state index contributed by atoms with van der Waals surface area (Å²) >= 11 is 0. The van der Waals surface area contributed by atoms with Gasteiger partial charge in [-0.25, -0.2) is 9.97 Å². The molecular formula is C16H21N3O. The Kier molecular flexibility index (Phi) is 5.65. The van der Waals surface area contributed by atoms with E-state index in [4.69, 9.17) is 4.74 Å². The van der Waals surface area contributed by atoms with Crippen LogP contribution in [0.4, 0.5) is 0 Å². The molecule has 1 aromatic heterocycles. The zero-order valence-electron chi connectivity index (χ0n) is 12.1. The van der Waals surface area contributed by atoms with Crippen LogP contribution >= 0.6 is 0 Å². The summed E-state index contributed by atoms with van der Waals surface area (Å²) in [5.41, 5.74) is 3.37. The fourth-order valence-electron chi connectivity index (χ4n) is 1.91. The van der Waals surface area contributed by atoms with Crippen LogP contribution in [0.5, 0.6) is 0 Å². The van der Waals surface area contributed by atoms with Crippen LogP contribution in [0.3, 0.4) is 0 Å². The highest BCUT2D eigenvalue weighted by molar-refractivity contribution is 5.55. The maximum Gasteiger partial charge on any atom is 0.159 e. The van der Waals surface area contributed by atoms with Crippen LogP contribution in [0, 0.1) is 0 Å². The van der Waals surface area contributed by atoms with E-state index in [1.54, 1.807) is 7.11 Å². The number of ether oxygens (including phenoxy) is 1. The predicted molar refractivity (Wildman–Crippen MR) is 80.4 cm³/mol. The number of nitrogens with one attached hydrogen (secondary N) is 1. The molecule has 0 saturated carbocycles. The zero-order chi connectivity index (χ0) is 14.2. The topological polar surface area (TPSA) is 47.0 Å². The quantitative estimate of drug-likeness (QED) is 0.786. The molecule has 0 aliphatic rings. The molecule has 0 spiro atoms. The van der Waals surface area contributed by atoms with Crippen LogP contribution < -0.4 is 5.32 Å². The summed E-state index contributed by atoms with van der Waals surface area (Å²) < 4.78 is 5.00. The van der Waals surface area contributed by atoms with E-state index in [2.05, 4.69) is 46.5 Å². The van der Waals surface area contributed by atoms with Gasteiger partial charge >= 0.3 is 0 Å². The number of hydrogen-bond donors (Lipinski definition) is 1. The first kappa shape index (κ1) is 14.6. The van der Waals surface area contributed by atoms with Gasteiger partial charge in [-0.15, -0.1) is 0 Å². The van der Waals surface area contributed by atoms with Gasteiger partial charge in [0.05, 0.1) is 12.3 Å². The van der Waals surface area contributed by atoms with Gasteiger partial charge in [0, 0.05) is 32.0 Å². The molecule has 0 radical (unpaired) electrons. The smallest absolute Gasteiger partial charge is 0.159 e. The van der Waals surface area contributed by atoms with Crippen LogP contribution in [0.15, 0.2) is 36.5 Å². The van der Waals surface area contributed by atoms with Gasteiger partial charge in [-0.2, -0.15) is 0 Å². The van der Waals surface area contributed by atoms with Crippen molar-refractivity contribution in [2.45, 2.75) is 19.9 Å². The second-order valence-electron chi connectivity index (χ2n) is 4.59. The van der Waals surface area contributed by atoms with Crippen molar-refractivity contribution in [3.8, 4) is 11.4 Å². The first-order valence-electron chi connectivity index (χ1n) is 6.94. The normalized spacial score (nSPS) is 10.7. The predicted octanol–water partition coefficient (Wildman–Crippen LogP) is 2.44. The number of benzene rings is 1. The SMILES string of the molecule is CCc1ccc(-c2nccc(CNCCOC)n2)cc1. The van der Waals surface area contributed by atoms with Crippen LogP contribution in [-0.4, -0.2) is 30.2 Å². The first-order valence-corrected chi connectivity index (χ1v) is 6.94. The lowest BCUT2D eigenvalue weighted by Crippen LogP contribution is -2.19. The molecule has 0 fully saturated rings. The van der Waals surface area contributed by atoms with Crippen molar-refractivity contribution in [2.24, 2.45) is 0 Å². The fraction of sp³-hybridized carbons (Fsp3) is 0.375. The highest BCUT2D eigenvalue weighted by Gasteiger charge is 2.02. The number of hydrogen-bond acceptors (Lipinski definition) is 4. The molecule has 1 N–H and O–H groups in total. The zero-order valence-corrected chi connectivity index (χ0v) is 12.1. The fourth-order valence-corrected chi connectivity index (χ4v) is 1.91. The molecule has 0 atom stereocenters. The Morgan fingerprint density at radius 1 is 1.15 bits per heavy atom. The van der Waals surface area contributed by atoms with Crippen molar-refractivity contribution in [3.05, 3.63) is 47.8 Å². The molecule has 20 heavy (non-hydrogen) atoms. The number of methoxy groups -OCH3 is 1. The molecule has 2 aromatic rings. The maximum absolute atomic E-state index is 5.00. The first-order chi connectivity index (χ1) is 9.83. The second-order valence-corrected chi connectivity index (χ2v) is 4.59. The molecule has 0 aliphatic heterocycles. The van der Waals surface area contributed by atoms with Crippen molar-refractivity contribution in [3.63, 3.8) is 0 Å². The number of aromatic nitrogens is 2. The Balaban J connectivity index is 2.04. The van der Waals surface area contributed by atoms with E-state index in [9.17, 15) is 0 Å². The molecule has 106 valence electrons. The minimum Gasteiger partial charge on any atom is -0.383 e. The minimum absolute atomic E-state index is 0.705. The van der Waals surface area contributed by atoms with E-state index in [0.717, 1.165) is 36.6 Å². The van der Waals surface area contributed by atoms with E-state index in [-0.39, 0.29) is 0 Å². The van der Waals surface area contributed by atoms with Gasteiger partial charge in [0.25, 0.3) is 0 Å². The molecule has 0 amide bonds. The highest BCUT2D eigenvalue weighted by Crippen LogP contribution is 2.15. The Bertz CT molecular complexity index is 526. The van der Waals surface area contributed by atoms with E-state index in [1.807, 2.05) is 12.3 Å². The van der Waals surface area contributed by atoms with Crippen molar-refractivity contribution >= 4 is 0 Å². The molecule has 4 nitrogen and oxygen atoms in total. The molecule has 2 rings (SSSR count). The standard InChI is InChI=1S/C16H21N3O/c1-3-13-4-6-14(7-5-13)16-18-9-8-15(19-16)12-17-10-11-20-2/h4-9,17H,3,10-12H2,1-2H3. The molecule has 4 heteroatoms. The van der Waals surface area contributed by atoms with E-state index in [1.165, 1.54) is 5.56 Å². The van der Waals surface area contributed by atoms with Gasteiger partial charge in [-0.3, -0.25) is 0 Å². The average Bonchev–Trinajstić information content (AvgIpc) is 2.52. The lowest BCUT2D eigenvalue weighted by Gasteiger charge is -2.06. The van der Waals surface area contributed by atoms with Gasteiger partial charge in [-0.05, 0) is 18.1 Å². The molecule has 0 unspecified atom stereocenters. The molecular weight excluding hydrogens is 250 g/mol. The molecule has 1 heterocycles. The van der Waals surface area contributed by atoms with E-state index < -0.39 is 0 Å². The summed E-state index contributed by atoms with van der Waals surface area (Å²) in [4.78, 5) is 8.93. The van der Waals surface area contributed by atoms with Crippen molar-refractivity contribution in [2.75, 3.05) is 20.3 Å². The van der Waals surface area contributed by atoms with Gasteiger partial charge in [0.15, 0.2) is 5.82 Å². The molecule has 0 bridgehead atoms. The third kappa shape index (κ3) is 4.11. The van der Waals surface area contributed by atoms with Gasteiger partial charge in [-0.1, -0.05) is 31.2 Å². The second kappa shape index (κ2) is 7.72. The van der Waals surface area contributed by atoms with Gasteiger partial charge < -0.3 is 10.1 Å². The largest absolute Gasteiger partial charge is 0.383 e. The maximum atomic E-state index is 5.00. The molecule has 0 aliphatic carbocycles. The van der Waals surface area contributed by atoms with Crippen molar-refractivity contribution in [1.29, 1.82) is 0 Å².